The Morgan fingerprint density at radius 1 is 1.16 bits per heavy atom. The van der Waals surface area contributed by atoms with Gasteiger partial charge in [-0.3, -0.25) is 9.97 Å². The number of hydrogen-bond donors (Lipinski definition) is 1. The molecule has 3 unspecified atom stereocenters. The largest absolute Gasteiger partial charge is 0.309 e. The lowest BCUT2D eigenvalue weighted by atomic mass is 9.73. The zero-order valence-corrected chi connectivity index (χ0v) is 12.7. The van der Waals surface area contributed by atoms with Crippen LogP contribution in [0.2, 0.25) is 0 Å². The summed E-state index contributed by atoms with van der Waals surface area (Å²) in [5.74, 6) is 2.34. The zero-order chi connectivity index (χ0) is 13.8. The Bertz CT molecular complexity index is 377. The second kappa shape index (κ2) is 6.47. The van der Waals surface area contributed by atoms with Crippen LogP contribution in [0, 0.1) is 24.7 Å². The predicted molar refractivity (Wildman–Crippen MR) is 78.9 cm³/mol. The Kier molecular flexibility index (Phi) is 4.92. The summed E-state index contributed by atoms with van der Waals surface area (Å²) in [4.78, 5) is 9.01. The molecular formula is C16H27N3. The van der Waals surface area contributed by atoms with Crippen LogP contribution in [0.3, 0.4) is 0 Å². The molecule has 1 saturated carbocycles. The number of aryl methyl sites for hydroxylation is 1. The lowest BCUT2D eigenvalue weighted by molar-refractivity contribution is 0.175. The van der Waals surface area contributed by atoms with Gasteiger partial charge in [0.1, 0.15) is 0 Å². The van der Waals surface area contributed by atoms with E-state index in [0.29, 0.717) is 12.0 Å². The molecule has 1 heterocycles. The number of rotatable bonds is 4. The molecule has 2 rings (SSSR count). The van der Waals surface area contributed by atoms with Crippen molar-refractivity contribution in [3.63, 3.8) is 0 Å². The van der Waals surface area contributed by atoms with Crippen molar-refractivity contribution in [2.24, 2.45) is 17.8 Å². The lowest BCUT2D eigenvalue weighted by Crippen LogP contribution is -2.33. The second-order valence-corrected chi connectivity index (χ2v) is 6.30. The molecule has 0 aromatic carbocycles. The van der Waals surface area contributed by atoms with Crippen LogP contribution < -0.4 is 5.32 Å². The highest BCUT2D eigenvalue weighted by molar-refractivity contribution is 5.08. The monoisotopic (exact) mass is 261 g/mol. The summed E-state index contributed by atoms with van der Waals surface area (Å²) in [5, 5.41) is 3.63. The average Bonchev–Trinajstić information content (AvgIpc) is 2.36. The number of nitrogens with one attached hydrogen (secondary N) is 1. The Labute approximate surface area is 117 Å². The minimum Gasteiger partial charge on any atom is -0.309 e. The van der Waals surface area contributed by atoms with Gasteiger partial charge in [0.05, 0.1) is 23.6 Å². The van der Waals surface area contributed by atoms with Crippen molar-refractivity contribution in [1.29, 1.82) is 0 Å². The summed E-state index contributed by atoms with van der Waals surface area (Å²) < 4.78 is 0. The van der Waals surface area contributed by atoms with E-state index in [4.69, 9.17) is 0 Å². The van der Waals surface area contributed by atoms with Gasteiger partial charge in [0, 0.05) is 6.20 Å². The summed E-state index contributed by atoms with van der Waals surface area (Å²) in [6.45, 7) is 9.91. The third-order valence-corrected chi connectivity index (χ3v) is 4.23. The maximum Gasteiger partial charge on any atom is 0.0759 e. The summed E-state index contributed by atoms with van der Waals surface area (Å²) in [5.41, 5.74) is 2.10. The first-order chi connectivity index (χ1) is 9.10. The molecule has 3 heteroatoms. The summed E-state index contributed by atoms with van der Waals surface area (Å²) >= 11 is 0. The van der Waals surface area contributed by atoms with E-state index in [0.717, 1.165) is 29.8 Å². The fraction of sp³-hybridized carbons (Fsp3) is 0.750. The van der Waals surface area contributed by atoms with E-state index < -0.39 is 0 Å². The van der Waals surface area contributed by atoms with Gasteiger partial charge in [-0.25, -0.2) is 0 Å². The van der Waals surface area contributed by atoms with Crippen LogP contribution in [0.1, 0.15) is 57.5 Å². The van der Waals surface area contributed by atoms with Crippen LogP contribution >= 0.6 is 0 Å². The van der Waals surface area contributed by atoms with Gasteiger partial charge in [-0.1, -0.05) is 20.8 Å². The first-order valence-corrected chi connectivity index (χ1v) is 7.62. The van der Waals surface area contributed by atoms with Gasteiger partial charge in [0.25, 0.3) is 0 Å². The molecule has 1 aliphatic carbocycles. The van der Waals surface area contributed by atoms with E-state index in [-0.39, 0.29) is 0 Å². The molecule has 1 aliphatic rings. The van der Waals surface area contributed by atoms with Gasteiger partial charge < -0.3 is 5.32 Å². The lowest BCUT2D eigenvalue weighted by Gasteiger charge is -2.36. The second-order valence-electron chi connectivity index (χ2n) is 6.30. The van der Waals surface area contributed by atoms with Gasteiger partial charge in [-0.05, 0) is 50.5 Å². The van der Waals surface area contributed by atoms with Crippen molar-refractivity contribution < 1.29 is 0 Å². The first-order valence-electron chi connectivity index (χ1n) is 7.62. The Balaban J connectivity index is 2.16. The molecule has 106 valence electrons. The molecule has 0 saturated heterocycles. The molecular weight excluding hydrogens is 234 g/mol. The average molecular weight is 261 g/mol. The van der Waals surface area contributed by atoms with Gasteiger partial charge >= 0.3 is 0 Å². The van der Waals surface area contributed by atoms with E-state index in [1.807, 2.05) is 19.3 Å². The van der Waals surface area contributed by atoms with Crippen LogP contribution in [-0.4, -0.2) is 16.5 Å². The van der Waals surface area contributed by atoms with Crippen LogP contribution in [0.15, 0.2) is 12.4 Å². The van der Waals surface area contributed by atoms with Gasteiger partial charge in [0.2, 0.25) is 0 Å². The van der Waals surface area contributed by atoms with Crippen molar-refractivity contribution in [2.75, 3.05) is 6.54 Å². The van der Waals surface area contributed by atoms with E-state index >= 15 is 0 Å². The fourth-order valence-electron chi connectivity index (χ4n) is 3.58. The highest BCUT2D eigenvalue weighted by Gasteiger charge is 2.31. The van der Waals surface area contributed by atoms with Crippen molar-refractivity contribution in [1.82, 2.24) is 15.3 Å². The molecule has 19 heavy (non-hydrogen) atoms. The minimum atomic E-state index is 0.364. The molecule has 0 radical (unpaired) electrons. The Morgan fingerprint density at radius 3 is 2.37 bits per heavy atom. The quantitative estimate of drug-likeness (QED) is 0.901. The summed E-state index contributed by atoms with van der Waals surface area (Å²) in [7, 11) is 0. The molecule has 0 bridgehead atoms. The topological polar surface area (TPSA) is 37.8 Å². The van der Waals surface area contributed by atoms with Crippen LogP contribution in [-0.2, 0) is 0 Å². The summed E-state index contributed by atoms with van der Waals surface area (Å²) in [6, 6.07) is 0.364. The van der Waals surface area contributed by atoms with Crippen LogP contribution in [0.4, 0.5) is 0 Å². The van der Waals surface area contributed by atoms with E-state index in [1.54, 1.807) is 0 Å². The molecule has 1 aromatic rings. The molecule has 3 nitrogen and oxygen atoms in total. The SMILES string of the molecule is CCNC(c1cnc(C)cn1)C1CC(C)CC(C)C1. The Morgan fingerprint density at radius 2 is 1.84 bits per heavy atom. The highest BCUT2D eigenvalue weighted by Crippen LogP contribution is 2.39. The summed E-state index contributed by atoms with van der Waals surface area (Å²) in [6.07, 6.45) is 7.81. The van der Waals surface area contributed by atoms with Crippen molar-refractivity contribution in [2.45, 2.75) is 53.0 Å². The smallest absolute Gasteiger partial charge is 0.0759 e. The van der Waals surface area contributed by atoms with Gasteiger partial charge in [-0.15, -0.1) is 0 Å². The molecule has 1 N–H and O–H groups in total. The van der Waals surface area contributed by atoms with Crippen molar-refractivity contribution in [3.8, 4) is 0 Å². The third kappa shape index (κ3) is 3.75. The first kappa shape index (κ1) is 14.4. The zero-order valence-electron chi connectivity index (χ0n) is 12.7. The standard InChI is InChI=1S/C16H27N3/c1-5-17-16(15-10-18-13(4)9-19-15)14-7-11(2)6-12(3)8-14/h9-12,14,16-17H,5-8H2,1-4H3. The molecule has 1 aromatic heterocycles. The number of nitrogens with zero attached hydrogens (tertiary/aromatic N) is 2. The molecule has 3 atom stereocenters. The van der Waals surface area contributed by atoms with Crippen molar-refractivity contribution >= 4 is 0 Å². The number of hydrogen-bond acceptors (Lipinski definition) is 3. The number of aromatic nitrogens is 2. The van der Waals surface area contributed by atoms with Crippen LogP contribution in [0.25, 0.3) is 0 Å². The normalized spacial score (nSPS) is 29.2. The highest BCUT2D eigenvalue weighted by atomic mass is 15.0. The van der Waals surface area contributed by atoms with Crippen molar-refractivity contribution in [3.05, 3.63) is 23.8 Å². The molecule has 0 spiro atoms. The van der Waals surface area contributed by atoms with E-state index in [1.165, 1.54) is 19.3 Å². The van der Waals surface area contributed by atoms with E-state index in [9.17, 15) is 0 Å². The van der Waals surface area contributed by atoms with Gasteiger partial charge in [-0.2, -0.15) is 0 Å². The molecule has 0 aliphatic heterocycles. The third-order valence-electron chi connectivity index (χ3n) is 4.23. The predicted octanol–water partition coefficient (Wildman–Crippen LogP) is 3.51. The van der Waals surface area contributed by atoms with Gasteiger partial charge in [0.15, 0.2) is 0 Å². The maximum absolute atomic E-state index is 4.60. The molecule has 0 amide bonds. The maximum atomic E-state index is 4.60. The Hall–Kier alpha value is -0.960. The van der Waals surface area contributed by atoms with E-state index in [2.05, 4.69) is 36.1 Å². The van der Waals surface area contributed by atoms with Crippen LogP contribution in [0.5, 0.6) is 0 Å². The molecule has 1 fully saturated rings. The minimum absolute atomic E-state index is 0.364. The fourth-order valence-corrected chi connectivity index (χ4v) is 3.58.